The van der Waals surface area contributed by atoms with Crippen molar-refractivity contribution >= 4 is 69.3 Å². The Kier molecular flexibility index (Phi) is 9.25. The van der Waals surface area contributed by atoms with Crippen molar-refractivity contribution in [2.24, 2.45) is 5.92 Å². The first-order valence-electron chi connectivity index (χ1n) is 15.6. The number of halogens is 2. The van der Waals surface area contributed by atoms with Crippen LogP contribution in [0.15, 0.2) is 71.2 Å². The lowest BCUT2D eigenvalue weighted by Gasteiger charge is -2.37. The zero-order valence-electron chi connectivity index (χ0n) is 26.1. The van der Waals surface area contributed by atoms with Gasteiger partial charge in [0.1, 0.15) is 5.75 Å². The van der Waals surface area contributed by atoms with Crippen LogP contribution in [0.5, 0.6) is 5.75 Å². The van der Waals surface area contributed by atoms with Crippen LogP contribution in [0.4, 0.5) is 5.69 Å². The number of hydrogen-bond acceptors (Lipinski definition) is 5. The Balaban J connectivity index is 1.44. The van der Waals surface area contributed by atoms with Gasteiger partial charge >= 0.3 is 0 Å². The minimum atomic E-state index is -2.38. The number of carbonyl (C=O) groups excluding carboxylic acids is 2. The van der Waals surface area contributed by atoms with Gasteiger partial charge in [-0.3, -0.25) is 9.59 Å². The van der Waals surface area contributed by atoms with Crippen LogP contribution in [-0.4, -0.2) is 62.3 Å². The van der Waals surface area contributed by atoms with E-state index in [0.29, 0.717) is 13.1 Å². The first kappa shape index (κ1) is 32.7. The monoisotopic (exact) mass is 802 g/mol. The zero-order chi connectivity index (χ0) is 32.1. The second-order valence-electron chi connectivity index (χ2n) is 13.1. The van der Waals surface area contributed by atoms with Gasteiger partial charge in [-0.2, -0.15) is 0 Å². The number of anilines is 1. The Bertz CT molecular complexity index is 1590. The molecule has 3 aromatic carbocycles. The van der Waals surface area contributed by atoms with Crippen LogP contribution in [0.3, 0.4) is 0 Å². The average Bonchev–Trinajstić information content (AvgIpc) is 3.69. The molecule has 0 saturated carbocycles. The van der Waals surface area contributed by atoms with Crippen LogP contribution < -0.4 is 14.8 Å². The van der Waals surface area contributed by atoms with Crippen LogP contribution in [0, 0.1) is 9.49 Å². The average molecular weight is 804 g/mol. The highest BCUT2D eigenvalue weighted by Gasteiger charge is 2.66. The molecular formula is C35H40BrIN2O5Si. The van der Waals surface area contributed by atoms with Gasteiger partial charge in [0.05, 0.1) is 52.6 Å². The summed E-state index contributed by atoms with van der Waals surface area (Å²) in [6, 6.07) is 22.3. The SMILES string of the molecule is COc1ccc([Si](C)(C)[C@H]2[C@H](CC(=O)N3CCC[C@H]3CO)O[C@@]3(C(=O)N(Cc4ccc(I)cc4)c4ccc(Br)cc43)[C@@H]2C)cc1. The summed E-state index contributed by atoms with van der Waals surface area (Å²) in [6.07, 6.45) is 1.39. The fourth-order valence-electron chi connectivity index (χ4n) is 8.06. The number of fused-ring (bicyclic) bond motifs is 2. The van der Waals surface area contributed by atoms with E-state index in [1.807, 2.05) is 40.1 Å². The summed E-state index contributed by atoms with van der Waals surface area (Å²) in [5.74, 6) is 0.507. The van der Waals surface area contributed by atoms with Gasteiger partial charge in [-0.15, -0.1) is 0 Å². The second-order valence-corrected chi connectivity index (χ2v) is 20.0. The number of hydrogen-bond donors (Lipinski definition) is 1. The lowest BCUT2D eigenvalue weighted by molar-refractivity contribution is -0.150. The lowest BCUT2D eigenvalue weighted by Crippen LogP contribution is -2.52. The van der Waals surface area contributed by atoms with Crippen molar-refractivity contribution in [2.75, 3.05) is 25.2 Å². The molecule has 0 aromatic heterocycles. The van der Waals surface area contributed by atoms with E-state index in [-0.39, 0.29) is 42.3 Å². The number of nitrogens with zero attached hydrogens (tertiary/aromatic N) is 2. The van der Waals surface area contributed by atoms with Crippen molar-refractivity contribution in [1.82, 2.24) is 4.90 Å². The van der Waals surface area contributed by atoms with E-state index in [9.17, 15) is 14.7 Å². The van der Waals surface area contributed by atoms with Gasteiger partial charge in [-0.1, -0.05) is 65.4 Å². The first-order chi connectivity index (χ1) is 21.5. The predicted octanol–water partition coefficient (Wildman–Crippen LogP) is 6.20. The number of methoxy groups -OCH3 is 1. The van der Waals surface area contributed by atoms with Crippen LogP contribution >= 0.6 is 38.5 Å². The molecule has 3 aliphatic rings. The highest BCUT2D eigenvalue weighted by molar-refractivity contribution is 14.1. The molecule has 6 rings (SSSR count). The quantitative estimate of drug-likeness (QED) is 0.217. The molecule has 10 heteroatoms. The van der Waals surface area contributed by atoms with E-state index in [1.165, 1.54) is 5.19 Å². The molecule has 238 valence electrons. The predicted molar refractivity (Wildman–Crippen MR) is 191 cm³/mol. The molecule has 3 aliphatic heterocycles. The maximum Gasteiger partial charge on any atom is 0.264 e. The molecule has 0 radical (unpaired) electrons. The molecular weight excluding hydrogens is 763 g/mol. The Labute approximate surface area is 288 Å². The normalized spacial score (nSPS) is 26.2. The smallest absolute Gasteiger partial charge is 0.264 e. The second kappa shape index (κ2) is 12.7. The minimum Gasteiger partial charge on any atom is -0.497 e. The Morgan fingerprint density at radius 1 is 1.13 bits per heavy atom. The number of aliphatic hydroxyl groups is 1. The van der Waals surface area contributed by atoms with E-state index < -0.39 is 19.8 Å². The summed E-state index contributed by atoms with van der Waals surface area (Å²) in [6.45, 7) is 7.83. The van der Waals surface area contributed by atoms with E-state index in [4.69, 9.17) is 9.47 Å². The molecule has 2 fully saturated rings. The molecule has 45 heavy (non-hydrogen) atoms. The maximum atomic E-state index is 14.9. The van der Waals surface area contributed by atoms with Crippen LogP contribution in [0.1, 0.15) is 37.3 Å². The molecule has 0 aliphatic carbocycles. The minimum absolute atomic E-state index is 0.0130. The number of likely N-dealkylation sites (tertiary alicyclic amines) is 1. The molecule has 2 amide bonds. The molecule has 1 N–H and O–H groups in total. The third kappa shape index (κ3) is 5.68. The molecule has 3 aromatic rings. The number of ether oxygens (including phenoxy) is 2. The zero-order valence-corrected chi connectivity index (χ0v) is 30.9. The van der Waals surface area contributed by atoms with Gasteiger partial charge in [-0.25, -0.2) is 0 Å². The van der Waals surface area contributed by atoms with Crippen molar-refractivity contribution in [3.8, 4) is 5.75 Å². The highest BCUT2D eigenvalue weighted by atomic mass is 127. The van der Waals surface area contributed by atoms with Crippen molar-refractivity contribution in [2.45, 2.75) is 69.1 Å². The van der Waals surface area contributed by atoms with Crippen molar-refractivity contribution < 1.29 is 24.2 Å². The molecule has 1 spiro atoms. The van der Waals surface area contributed by atoms with E-state index in [2.05, 4.69) is 94.9 Å². The molecule has 3 heterocycles. The number of rotatable bonds is 8. The van der Waals surface area contributed by atoms with Gasteiger partial charge in [-0.05, 0) is 89.0 Å². The third-order valence-electron chi connectivity index (χ3n) is 10.3. The summed E-state index contributed by atoms with van der Waals surface area (Å²) in [5.41, 5.74) is 1.48. The van der Waals surface area contributed by atoms with Crippen LogP contribution in [-0.2, 0) is 26.5 Å². The molecule has 7 nitrogen and oxygen atoms in total. The van der Waals surface area contributed by atoms with E-state index in [1.54, 1.807) is 7.11 Å². The molecule has 2 saturated heterocycles. The summed E-state index contributed by atoms with van der Waals surface area (Å²) in [7, 11) is -0.720. The van der Waals surface area contributed by atoms with Crippen LogP contribution in [0.2, 0.25) is 18.6 Å². The fourth-order valence-corrected chi connectivity index (χ4v) is 12.8. The van der Waals surface area contributed by atoms with Crippen molar-refractivity contribution in [3.05, 3.63) is 85.9 Å². The van der Waals surface area contributed by atoms with Crippen molar-refractivity contribution in [3.63, 3.8) is 0 Å². The lowest BCUT2D eigenvalue weighted by atomic mass is 9.82. The Hall–Kier alpha value is -2.25. The van der Waals surface area contributed by atoms with Crippen LogP contribution in [0.25, 0.3) is 0 Å². The largest absolute Gasteiger partial charge is 0.497 e. The summed E-state index contributed by atoms with van der Waals surface area (Å²) < 4.78 is 14.6. The number of benzene rings is 3. The summed E-state index contributed by atoms with van der Waals surface area (Å²) in [5, 5.41) is 11.2. The topological polar surface area (TPSA) is 79.3 Å². The van der Waals surface area contributed by atoms with E-state index >= 15 is 0 Å². The maximum absolute atomic E-state index is 14.9. The van der Waals surface area contributed by atoms with Gasteiger partial charge in [0.15, 0.2) is 5.60 Å². The molecule has 5 atom stereocenters. The fraction of sp³-hybridized carbons (Fsp3) is 0.429. The Morgan fingerprint density at radius 3 is 2.51 bits per heavy atom. The standard InChI is InChI=1S/C35H40BrIN2O5Si/c1-22-33(45(3,4)28-14-12-27(43-2)13-15-28)31(19-32(41)38-17-5-6-26(38)21-40)44-35(22)29-18-24(36)9-16-30(29)39(34(35)42)20-23-7-10-25(37)11-8-23/h7-16,18,22,26,31,33,40H,5-6,17,19-21H2,1-4H3/t22-,26+,31+,33-,35+/m1/s1. The highest BCUT2D eigenvalue weighted by Crippen LogP contribution is 2.60. The number of amides is 2. The number of aliphatic hydroxyl groups excluding tert-OH is 1. The van der Waals surface area contributed by atoms with Gasteiger partial charge < -0.3 is 24.4 Å². The first-order valence-corrected chi connectivity index (χ1v) is 20.5. The third-order valence-corrected chi connectivity index (χ3v) is 15.9. The van der Waals surface area contributed by atoms with Gasteiger partial charge in [0.25, 0.3) is 5.91 Å². The molecule has 0 bridgehead atoms. The van der Waals surface area contributed by atoms with Gasteiger partial charge in [0.2, 0.25) is 5.91 Å². The van der Waals surface area contributed by atoms with E-state index in [0.717, 1.165) is 43.4 Å². The Morgan fingerprint density at radius 2 is 1.84 bits per heavy atom. The summed E-state index contributed by atoms with van der Waals surface area (Å²) in [4.78, 5) is 32.5. The van der Waals surface area contributed by atoms with Gasteiger partial charge in [0, 0.05) is 26.1 Å². The number of carbonyl (C=O) groups is 2. The molecule has 0 unspecified atom stereocenters. The summed E-state index contributed by atoms with van der Waals surface area (Å²) >= 11 is 5.97. The van der Waals surface area contributed by atoms with Crippen molar-refractivity contribution in [1.29, 1.82) is 0 Å².